The van der Waals surface area contributed by atoms with Crippen LogP contribution in [0.4, 0.5) is 4.79 Å². The first-order chi connectivity index (χ1) is 13.0. The molecule has 1 saturated heterocycles. The monoisotopic (exact) mass is 369 g/mol. The maximum atomic E-state index is 12.4. The van der Waals surface area contributed by atoms with Crippen LogP contribution in [0.1, 0.15) is 24.5 Å². The molecule has 1 heterocycles. The van der Waals surface area contributed by atoms with Gasteiger partial charge in [-0.05, 0) is 35.2 Å². The van der Waals surface area contributed by atoms with Gasteiger partial charge in [-0.2, -0.15) is 0 Å². The Kier molecular flexibility index (Phi) is 5.96. The molecule has 0 aliphatic carbocycles. The number of fused-ring (bicyclic) bond motifs is 1. The van der Waals surface area contributed by atoms with Gasteiger partial charge >= 0.3 is 6.03 Å². The molecule has 0 radical (unpaired) electrons. The van der Waals surface area contributed by atoms with Crippen molar-refractivity contribution in [1.29, 1.82) is 0 Å². The van der Waals surface area contributed by atoms with Gasteiger partial charge < -0.3 is 20.2 Å². The molecule has 3 rings (SSSR count). The zero-order valence-electron chi connectivity index (χ0n) is 15.9. The topological polar surface area (TPSA) is 72.9 Å². The standard InChI is InChI=1S/C21H27N3O3/c1-23(2)21(27)24-11-9-16(10-12-24)20(26)22-14-19(25)18-8-7-15-5-3-4-6-17(15)13-18/h3-8,13,16,19,25H,9-12,14H2,1-2H3,(H,22,26). The van der Waals surface area contributed by atoms with E-state index >= 15 is 0 Å². The number of hydrogen-bond acceptors (Lipinski definition) is 3. The van der Waals surface area contributed by atoms with Gasteiger partial charge in [0.05, 0.1) is 6.10 Å². The number of likely N-dealkylation sites (tertiary alicyclic amines) is 1. The van der Waals surface area contributed by atoms with E-state index in [0.717, 1.165) is 16.3 Å². The number of nitrogens with zero attached hydrogens (tertiary/aromatic N) is 2. The fourth-order valence-corrected chi connectivity index (χ4v) is 3.49. The molecule has 2 N–H and O–H groups in total. The lowest BCUT2D eigenvalue weighted by molar-refractivity contribution is -0.126. The third-order valence-electron chi connectivity index (χ3n) is 5.15. The minimum absolute atomic E-state index is 0.0133. The first-order valence-corrected chi connectivity index (χ1v) is 9.36. The van der Waals surface area contributed by atoms with Crippen LogP contribution in [0.3, 0.4) is 0 Å². The molecule has 0 spiro atoms. The number of benzene rings is 2. The molecular formula is C21H27N3O3. The van der Waals surface area contributed by atoms with Crippen LogP contribution in [0.25, 0.3) is 10.8 Å². The van der Waals surface area contributed by atoms with Gasteiger partial charge in [-0.1, -0.05) is 36.4 Å². The number of carbonyl (C=O) groups is 2. The molecule has 27 heavy (non-hydrogen) atoms. The molecule has 2 aromatic rings. The number of urea groups is 1. The van der Waals surface area contributed by atoms with Gasteiger partial charge in [0, 0.05) is 39.6 Å². The Balaban J connectivity index is 1.50. The molecule has 2 aromatic carbocycles. The van der Waals surface area contributed by atoms with E-state index in [9.17, 15) is 14.7 Å². The molecule has 0 bridgehead atoms. The van der Waals surface area contributed by atoms with Gasteiger partial charge in [0.15, 0.2) is 0 Å². The predicted molar refractivity (Wildman–Crippen MR) is 105 cm³/mol. The van der Waals surface area contributed by atoms with Crippen LogP contribution in [0, 0.1) is 5.92 Å². The van der Waals surface area contributed by atoms with Crippen molar-refractivity contribution in [3.63, 3.8) is 0 Å². The molecular weight excluding hydrogens is 342 g/mol. The van der Waals surface area contributed by atoms with Crippen LogP contribution < -0.4 is 5.32 Å². The summed E-state index contributed by atoms with van der Waals surface area (Å²) in [7, 11) is 3.46. The highest BCUT2D eigenvalue weighted by Crippen LogP contribution is 2.21. The maximum absolute atomic E-state index is 12.4. The highest BCUT2D eigenvalue weighted by atomic mass is 16.3. The maximum Gasteiger partial charge on any atom is 0.319 e. The highest BCUT2D eigenvalue weighted by Gasteiger charge is 2.28. The number of aliphatic hydroxyl groups excluding tert-OH is 1. The molecule has 1 atom stereocenters. The minimum atomic E-state index is -0.742. The predicted octanol–water partition coefficient (Wildman–Crippen LogP) is 2.38. The van der Waals surface area contributed by atoms with Crippen molar-refractivity contribution in [2.45, 2.75) is 18.9 Å². The van der Waals surface area contributed by atoms with Gasteiger partial charge in [-0.15, -0.1) is 0 Å². The fraction of sp³-hybridized carbons (Fsp3) is 0.429. The summed E-state index contributed by atoms with van der Waals surface area (Å²) in [5, 5.41) is 15.5. The van der Waals surface area contributed by atoms with Crippen LogP contribution in [-0.2, 0) is 4.79 Å². The molecule has 1 fully saturated rings. The first-order valence-electron chi connectivity index (χ1n) is 9.36. The van der Waals surface area contributed by atoms with Crippen LogP contribution in [-0.4, -0.2) is 60.6 Å². The molecule has 1 aliphatic heterocycles. The van der Waals surface area contributed by atoms with E-state index in [1.54, 1.807) is 23.9 Å². The Hall–Kier alpha value is -2.60. The average Bonchev–Trinajstić information content (AvgIpc) is 2.70. The summed E-state index contributed by atoms with van der Waals surface area (Å²) in [5.74, 6) is -0.160. The Bertz CT molecular complexity index is 813. The van der Waals surface area contributed by atoms with Crippen molar-refractivity contribution in [2.75, 3.05) is 33.7 Å². The molecule has 0 saturated carbocycles. The number of nitrogens with one attached hydrogen (secondary N) is 1. The van der Waals surface area contributed by atoms with E-state index in [0.29, 0.717) is 25.9 Å². The van der Waals surface area contributed by atoms with Crippen LogP contribution in [0.2, 0.25) is 0 Å². The molecule has 0 aromatic heterocycles. The molecule has 6 nitrogen and oxygen atoms in total. The third-order valence-corrected chi connectivity index (χ3v) is 5.15. The lowest BCUT2D eigenvalue weighted by Crippen LogP contribution is -2.46. The Labute approximate surface area is 159 Å². The van der Waals surface area contributed by atoms with Crippen molar-refractivity contribution in [3.05, 3.63) is 48.0 Å². The molecule has 144 valence electrons. The van der Waals surface area contributed by atoms with Crippen LogP contribution >= 0.6 is 0 Å². The summed E-state index contributed by atoms with van der Waals surface area (Å²) in [4.78, 5) is 27.7. The van der Waals surface area contributed by atoms with Gasteiger partial charge in [0.2, 0.25) is 5.91 Å². The van der Waals surface area contributed by atoms with Crippen molar-refractivity contribution in [2.24, 2.45) is 5.92 Å². The zero-order chi connectivity index (χ0) is 19.4. The molecule has 1 unspecified atom stereocenters. The SMILES string of the molecule is CN(C)C(=O)N1CCC(C(=O)NCC(O)c2ccc3ccccc3c2)CC1. The summed E-state index contributed by atoms with van der Waals surface area (Å²) in [5.41, 5.74) is 0.792. The van der Waals surface area contributed by atoms with Gasteiger partial charge in [0.1, 0.15) is 0 Å². The zero-order valence-corrected chi connectivity index (χ0v) is 15.9. The number of piperidine rings is 1. The molecule has 3 amide bonds. The second-order valence-electron chi connectivity index (χ2n) is 7.31. The van der Waals surface area contributed by atoms with Crippen LogP contribution in [0.5, 0.6) is 0 Å². The largest absolute Gasteiger partial charge is 0.387 e. The van der Waals surface area contributed by atoms with Gasteiger partial charge in [0.25, 0.3) is 0 Å². The van der Waals surface area contributed by atoms with Gasteiger partial charge in [-0.3, -0.25) is 4.79 Å². The second-order valence-corrected chi connectivity index (χ2v) is 7.31. The fourth-order valence-electron chi connectivity index (χ4n) is 3.49. The third kappa shape index (κ3) is 4.57. The van der Waals surface area contributed by atoms with Crippen molar-refractivity contribution in [3.8, 4) is 0 Å². The number of aliphatic hydroxyl groups is 1. The van der Waals surface area contributed by atoms with E-state index in [2.05, 4.69) is 5.32 Å². The summed E-state index contributed by atoms with van der Waals surface area (Å²) in [6, 6.07) is 13.8. The van der Waals surface area contributed by atoms with E-state index in [4.69, 9.17) is 0 Å². The van der Waals surface area contributed by atoms with E-state index in [1.165, 1.54) is 0 Å². The van der Waals surface area contributed by atoms with E-state index in [1.807, 2.05) is 42.5 Å². The minimum Gasteiger partial charge on any atom is -0.387 e. The van der Waals surface area contributed by atoms with Crippen molar-refractivity contribution in [1.82, 2.24) is 15.1 Å². The normalized spacial score (nSPS) is 16.2. The van der Waals surface area contributed by atoms with Crippen LogP contribution in [0.15, 0.2) is 42.5 Å². The summed E-state index contributed by atoms with van der Waals surface area (Å²) < 4.78 is 0. The molecule has 6 heteroatoms. The number of carbonyl (C=O) groups excluding carboxylic acids is 2. The second kappa shape index (κ2) is 8.39. The van der Waals surface area contributed by atoms with Crippen molar-refractivity contribution >= 4 is 22.7 Å². The van der Waals surface area contributed by atoms with E-state index < -0.39 is 6.10 Å². The van der Waals surface area contributed by atoms with Gasteiger partial charge in [-0.25, -0.2) is 4.79 Å². The lowest BCUT2D eigenvalue weighted by atomic mass is 9.96. The Morgan fingerprint density at radius 2 is 1.81 bits per heavy atom. The number of rotatable bonds is 4. The summed E-state index contributed by atoms with van der Waals surface area (Å²) in [6.45, 7) is 1.36. The summed E-state index contributed by atoms with van der Waals surface area (Å²) in [6.07, 6.45) is 0.559. The Morgan fingerprint density at radius 3 is 2.48 bits per heavy atom. The smallest absolute Gasteiger partial charge is 0.319 e. The summed E-state index contributed by atoms with van der Waals surface area (Å²) >= 11 is 0. The first kappa shape index (κ1) is 19.2. The van der Waals surface area contributed by atoms with Crippen molar-refractivity contribution < 1.29 is 14.7 Å². The number of hydrogen-bond donors (Lipinski definition) is 2. The Morgan fingerprint density at radius 1 is 1.15 bits per heavy atom. The average molecular weight is 369 g/mol. The number of amides is 3. The highest BCUT2D eigenvalue weighted by molar-refractivity contribution is 5.83. The quantitative estimate of drug-likeness (QED) is 0.869. The molecule has 1 aliphatic rings. The van der Waals surface area contributed by atoms with E-state index in [-0.39, 0.29) is 24.4 Å². The lowest BCUT2D eigenvalue weighted by Gasteiger charge is -2.33.